The summed E-state index contributed by atoms with van der Waals surface area (Å²) in [5.74, 6) is 0.667. The number of phenols is 1. The zero-order valence-electron chi connectivity index (χ0n) is 6.67. The molecule has 2 nitrogen and oxygen atoms in total. The minimum atomic E-state index is 0.176. The van der Waals surface area contributed by atoms with Crippen LogP contribution in [0.25, 0.3) is 6.08 Å². The molecule has 0 unspecified atom stereocenters. The Labute approximate surface area is 85.0 Å². The molecule has 0 heterocycles. The van der Waals surface area contributed by atoms with Gasteiger partial charge in [0.25, 0.3) is 0 Å². The molecule has 0 radical (unpaired) electrons. The number of phenolic OH excluding ortho intramolecular Hbond substituents is 1. The Kier molecular flexibility index (Phi) is 2.97. The monoisotopic (exact) mass is 276 g/mol. The number of ether oxygens (including phenoxy) is 1. The van der Waals surface area contributed by atoms with Crippen molar-refractivity contribution in [2.75, 3.05) is 7.11 Å². The van der Waals surface area contributed by atoms with Gasteiger partial charge >= 0.3 is 0 Å². The largest absolute Gasteiger partial charge is 0.504 e. The van der Waals surface area contributed by atoms with Crippen LogP contribution in [-0.4, -0.2) is 12.2 Å². The van der Waals surface area contributed by atoms with Crippen LogP contribution in [0.5, 0.6) is 11.5 Å². The Bertz CT molecular complexity index is 308. The second kappa shape index (κ2) is 3.80. The first-order valence-electron chi connectivity index (χ1n) is 3.38. The number of hydrogen-bond acceptors (Lipinski definition) is 2. The third kappa shape index (κ3) is 1.55. The zero-order chi connectivity index (χ0) is 9.14. The van der Waals surface area contributed by atoms with Crippen LogP contribution >= 0.6 is 22.6 Å². The first kappa shape index (κ1) is 9.38. The molecule has 0 aliphatic carbocycles. The van der Waals surface area contributed by atoms with Crippen LogP contribution < -0.4 is 4.74 Å². The fraction of sp³-hybridized carbons (Fsp3) is 0.111. The van der Waals surface area contributed by atoms with E-state index in [4.69, 9.17) is 4.74 Å². The van der Waals surface area contributed by atoms with Gasteiger partial charge in [0.2, 0.25) is 0 Å². The molecule has 1 rings (SSSR count). The van der Waals surface area contributed by atoms with Gasteiger partial charge in [-0.25, -0.2) is 0 Å². The van der Waals surface area contributed by atoms with Crippen LogP contribution in [0.4, 0.5) is 0 Å². The molecular weight excluding hydrogens is 267 g/mol. The number of aromatic hydroxyl groups is 1. The summed E-state index contributed by atoms with van der Waals surface area (Å²) in [7, 11) is 1.53. The van der Waals surface area contributed by atoms with Gasteiger partial charge < -0.3 is 9.84 Å². The summed E-state index contributed by atoms with van der Waals surface area (Å²) in [5.41, 5.74) is 0.911. The topological polar surface area (TPSA) is 29.5 Å². The van der Waals surface area contributed by atoms with Crippen LogP contribution in [0, 0.1) is 3.57 Å². The van der Waals surface area contributed by atoms with Crippen molar-refractivity contribution in [3.8, 4) is 11.5 Å². The molecule has 0 saturated carbocycles. The number of methoxy groups -OCH3 is 1. The van der Waals surface area contributed by atoms with Gasteiger partial charge in [-0.05, 0) is 40.3 Å². The quantitative estimate of drug-likeness (QED) is 0.841. The number of hydrogen-bond donors (Lipinski definition) is 1. The summed E-state index contributed by atoms with van der Waals surface area (Å²) in [6, 6.07) is 3.57. The van der Waals surface area contributed by atoms with E-state index in [0.717, 1.165) is 9.13 Å². The van der Waals surface area contributed by atoms with Crippen molar-refractivity contribution in [3.05, 3.63) is 27.8 Å². The highest BCUT2D eigenvalue weighted by Gasteiger charge is 2.07. The van der Waals surface area contributed by atoms with Gasteiger partial charge in [0.1, 0.15) is 0 Å². The molecule has 1 aromatic rings. The average molecular weight is 276 g/mol. The molecule has 0 atom stereocenters. The van der Waals surface area contributed by atoms with Crippen LogP contribution in [0.15, 0.2) is 18.7 Å². The van der Waals surface area contributed by atoms with Crippen molar-refractivity contribution >= 4 is 28.7 Å². The van der Waals surface area contributed by atoms with Crippen LogP contribution in [0.1, 0.15) is 5.56 Å². The lowest BCUT2D eigenvalue weighted by atomic mass is 10.2. The summed E-state index contributed by atoms with van der Waals surface area (Å²) in [6.07, 6.45) is 1.70. The minimum absolute atomic E-state index is 0.176. The van der Waals surface area contributed by atoms with Crippen LogP contribution in [0.3, 0.4) is 0 Å². The van der Waals surface area contributed by atoms with Gasteiger partial charge in [-0.3, -0.25) is 0 Å². The van der Waals surface area contributed by atoms with E-state index in [1.165, 1.54) is 7.11 Å². The molecule has 1 N–H and O–H groups in total. The second-order valence-corrected chi connectivity index (χ2v) is 3.30. The number of benzene rings is 1. The molecule has 0 aliphatic rings. The molecule has 12 heavy (non-hydrogen) atoms. The Balaban J connectivity index is 3.29. The van der Waals surface area contributed by atoms with Crippen molar-refractivity contribution in [2.24, 2.45) is 0 Å². The van der Waals surface area contributed by atoms with E-state index < -0.39 is 0 Å². The maximum absolute atomic E-state index is 9.53. The third-order valence-corrected chi connectivity index (χ3v) is 2.68. The minimum Gasteiger partial charge on any atom is -0.504 e. The first-order chi connectivity index (χ1) is 5.70. The van der Waals surface area contributed by atoms with Crippen molar-refractivity contribution in [1.29, 1.82) is 0 Å². The van der Waals surface area contributed by atoms with E-state index in [0.29, 0.717) is 5.75 Å². The van der Waals surface area contributed by atoms with Gasteiger partial charge in [0.05, 0.1) is 10.7 Å². The molecule has 0 bridgehead atoms. The molecule has 0 aromatic heterocycles. The van der Waals surface area contributed by atoms with E-state index >= 15 is 0 Å². The second-order valence-electron chi connectivity index (χ2n) is 2.22. The van der Waals surface area contributed by atoms with E-state index in [2.05, 4.69) is 29.2 Å². The Morgan fingerprint density at radius 3 is 2.75 bits per heavy atom. The zero-order valence-corrected chi connectivity index (χ0v) is 8.83. The average Bonchev–Trinajstić information content (AvgIpc) is 2.10. The molecule has 0 amide bonds. The normalized spacial score (nSPS) is 9.50. The molecule has 3 heteroatoms. The number of halogens is 1. The van der Waals surface area contributed by atoms with E-state index in [1.54, 1.807) is 12.1 Å². The summed E-state index contributed by atoms with van der Waals surface area (Å²) in [6.45, 7) is 3.63. The SMILES string of the molecule is C=Cc1ccc(OC)c(O)c1I. The fourth-order valence-corrected chi connectivity index (χ4v) is 1.55. The van der Waals surface area contributed by atoms with Gasteiger partial charge in [-0.1, -0.05) is 12.7 Å². The molecule has 0 fully saturated rings. The highest BCUT2D eigenvalue weighted by Crippen LogP contribution is 2.33. The summed E-state index contributed by atoms with van der Waals surface area (Å²) < 4.78 is 5.70. The Morgan fingerprint density at radius 2 is 2.25 bits per heavy atom. The smallest absolute Gasteiger partial charge is 0.171 e. The highest BCUT2D eigenvalue weighted by molar-refractivity contribution is 14.1. The number of rotatable bonds is 2. The lowest BCUT2D eigenvalue weighted by molar-refractivity contribution is 0.371. The Morgan fingerprint density at radius 1 is 1.58 bits per heavy atom. The molecule has 0 spiro atoms. The first-order valence-corrected chi connectivity index (χ1v) is 4.46. The van der Waals surface area contributed by atoms with E-state index in [-0.39, 0.29) is 5.75 Å². The predicted molar refractivity (Wildman–Crippen MR) is 57.5 cm³/mol. The molecule has 64 valence electrons. The van der Waals surface area contributed by atoms with Crippen LogP contribution in [0.2, 0.25) is 0 Å². The van der Waals surface area contributed by atoms with E-state index in [9.17, 15) is 5.11 Å². The highest BCUT2D eigenvalue weighted by atomic mass is 127. The molecular formula is C9H9IO2. The van der Waals surface area contributed by atoms with Crippen molar-refractivity contribution < 1.29 is 9.84 Å². The standard InChI is InChI=1S/C9H9IO2/c1-3-6-4-5-7(12-2)9(11)8(6)10/h3-5,11H,1H2,2H3. The third-order valence-electron chi connectivity index (χ3n) is 1.55. The van der Waals surface area contributed by atoms with Crippen molar-refractivity contribution in [3.63, 3.8) is 0 Å². The lowest BCUT2D eigenvalue weighted by Gasteiger charge is -2.06. The van der Waals surface area contributed by atoms with Crippen molar-refractivity contribution in [1.82, 2.24) is 0 Å². The summed E-state index contributed by atoms with van der Waals surface area (Å²) in [5, 5.41) is 9.53. The summed E-state index contributed by atoms with van der Waals surface area (Å²) >= 11 is 2.05. The fourth-order valence-electron chi connectivity index (χ4n) is 0.885. The van der Waals surface area contributed by atoms with Crippen LogP contribution in [-0.2, 0) is 0 Å². The Hall–Kier alpha value is -0.710. The molecule has 1 aromatic carbocycles. The van der Waals surface area contributed by atoms with Crippen molar-refractivity contribution in [2.45, 2.75) is 0 Å². The molecule has 0 aliphatic heterocycles. The van der Waals surface area contributed by atoms with Gasteiger partial charge in [0.15, 0.2) is 11.5 Å². The predicted octanol–water partition coefficient (Wildman–Crippen LogP) is 2.65. The molecule has 0 saturated heterocycles. The lowest BCUT2D eigenvalue weighted by Crippen LogP contribution is -1.87. The van der Waals surface area contributed by atoms with Gasteiger partial charge in [0, 0.05) is 0 Å². The maximum Gasteiger partial charge on any atom is 0.171 e. The summed E-state index contributed by atoms with van der Waals surface area (Å²) in [4.78, 5) is 0. The maximum atomic E-state index is 9.53. The van der Waals surface area contributed by atoms with E-state index in [1.807, 2.05) is 6.07 Å². The van der Waals surface area contributed by atoms with Gasteiger partial charge in [-0.15, -0.1) is 0 Å². The van der Waals surface area contributed by atoms with Gasteiger partial charge in [-0.2, -0.15) is 0 Å².